The SMILES string of the molecule is COc1cc(Nc2ncc(-c3ccccc3CN(C)C(=O)CCN)o2)ccc1Br. The highest BCUT2D eigenvalue weighted by Gasteiger charge is 2.15. The molecule has 0 saturated heterocycles. The lowest BCUT2D eigenvalue weighted by molar-refractivity contribution is -0.130. The molecule has 3 N–H and O–H groups in total. The number of aromatic nitrogens is 1. The molecule has 3 aromatic rings. The van der Waals surface area contributed by atoms with E-state index in [9.17, 15) is 4.79 Å². The first-order valence-corrected chi connectivity index (χ1v) is 9.89. The van der Waals surface area contributed by atoms with E-state index < -0.39 is 0 Å². The van der Waals surface area contributed by atoms with Gasteiger partial charge in [-0.15, -0.1) is 0 Å². The summed E-state index contributed by atoms with van der Waals surface area (Å²) in [5, 5.41) is 3.13. The Morgan fingerprint density at radius 2 is 2.10 bits per heavy atom. The summed E-state index contributed by atoms with van der Waals surface area (Å²) in [6, 6.07) is 13.8. The van der Waals surface area contributed by atoms with Crippen LogP contribution in [-0.4, -0.2) is 36.5 Å². The fourth-order valence-corrected chi connectivity index (χ4v) is 3.28. The molecule has 7 nitrogen and oxygen atoms in total. The van der Waals surface area contributed by atoms with E-state index in [1.165, 1.54) is 0 Å². The van der Waals surface area contributed by atoms with Crippen molar-refractivity contribution in [3.63, 3.8) is 0 Å². The Labute approximate surface area is 178 Å². The van der Waals surface area contributed by atoms with Gasteiger partial charge in [-0.05, 0) is 33.6 Å². The molecule has 0 aliphatic rings. The third-order valence-electron chi connectivity index (χ3n) is 4.38. The molecule has 0 saturated carbocycles. The Hall–Kier alpha value is -2.84. The summed E-state index contributed by atoms with van der Waals surface area (Å²) < 4.78 is 12.1. The van der Waals surface area contributed by atoms with Crippen LogP contribution in [0.4, 0.5) is 11.7 Å². The van der Waals surface area contributed by atoms with E-state index in [0.717, 1.165) is 21.3 Å². The minimum absolute atomic E-state index is 0.00594. The van der Waals surface area contributed by atoms with E-state index in [4.69, 9.17) is 14.9 Å². The number of ether oxygens (including phenoxy) is 1. The molecule has 8 heteroatoms. The maximum absolute atomic E-state index is 12.1. The zero-order valence-electron chi connectivity index (χ0n) is 16.3. The number of amides is 1. The molecule has 0 atom stereocenters. The van der Waals surface area contributed by atoms with Gasteiger partial charge in [0.25, 0.3) is 6.01 Å². The quantitative estimate of drug-likeness (QED) is 0.526. The predicted octanol–water partition coefficient (Wildman–Crippen LogP) is 4.16. The standard InChI is InChI=1S/C21H23BrN4O3/c1-26(20(27)9-10-23)13-14-5-3-4-6-16(14)19-12-24-21(29-19)25-15-7-8-17(22)18(11-15)28-2/h3-8,11-12H,9-10,13,23H2,1-2H3,(H,24,25). The van der Waals surface area contributed by atoms with Gasteiger partial charge < -0.3 is 25.1 Å². The molecule has 2 aromatic carbocycles. The van der Waals surface area contributed by atoms with Gasteiger partial charge in [0.1, 0.15) is 5.75 Å². The highest BCUT2D eigenvalue weighted by atomic mass is 79.9. The average molecular weight is 459 g/mol. The summed E-state index contributed by atoms with van der Waals surface area (Å²) in [5.41, 5.74) is 8.13. The Morgan fingerprint density at radius 1 is 1.31 bits per heavy atom. The van der Waals surface area contributed by atoms with Crippen molar-refractivity contribution in [2.45, 2.75) is 13.0 Å². The highest BCUT2D eigenvalue weighted by Crippen LogP contribution is 2.31. The molecule has 29 heavy (non-hydrogen) atoms. The minimum Gasteiger partial charge on any atom is -0.495 e. The van der Waals surface area contributed by atoms with Crippen LogP contribution in [-0.2, 0) is 11.3 Å². The predicted molar refractivity (Wildman–Crippen MR) is 116 cm³/mol. The smallest absolute Gasteiger partial charge is 0.299 e. The lowest BCUT2D eigenvalue weighted by Gasteiger charge is -2.18. The molecule has 0 unspecified atom stereocenters. The minimum atomic E-state index is 0.00594. The third kappa shape index (κ3) is 5.16. The summed E-state index contributed by atoms with van der Waals surface area (Å²) in [7, 11) is 3.38. The number of rotatable bonds is 8. The monoisotopic (exact) mass is 458 g/mol. The number of halogens is 1. The summed E-state index contributed by atoms with van der Waals surface area (Å²) in [4.78, 5) is 18.1. The van der Waals surface area contributed by atoms with Crippen LogP contribution in [0.25, 0.3) is 11.3 Å². The molecule has 0 spiro atoms. The zero-order chi connectivity index (χ0) is 20.8. The second-order valence-corrected chi connectivity index (χ2v) is 7.30. The highest BCUT2D eigenvalue weighted by molar-refractivity contribution is 9.10. The lowest BCUT2D eigenvalue weighted by atomic mass is 10.1. The van der Waals surface area contributed by atoms with Gasteiger partial charge in [-0.1, -0.05) is 24.3 Å². The van der Waals surface area contributed by atoms with Crippen molar-refractivity contribution in [3.8, 4) is 17.1 Å². The van der Waals surface area contributed by atoms with Gasteiger partial charge in [-0.25, -0.2) is 4.98 Å². The molecule has 1 aromatic heterocycles. The van der Waals surface area contributed by atoms with E-state index in [2.05, 4.69) is 26.2 Å². The summed E-state index contributed by atoms with van der Waals surface area (Å²) in [5.74, 6) is 1.33. The van der Waals surface area contributed by atoms with E-state index >= 15 is 0 Å². The van der Waals surface area contributed by atoms with Gasteiger partial charge >= 0.3 is 0 Å². The molecule has 152 valence electrons. The number of carbonyl (C=O) groups is 1. The first kappa shape index (κ1) is 20.9. The van der Waals surface area contributed by atoms with Crippen molar-refractivity contribution in [2.75, 3.05) is 26.0 Å². The van der Waals surface area contributed by atoms with Crippen LogP contribution in [0.3, 0.4) is 0 Å². The average Bonchev–Trinajstić information content (AvgIpc) is 3.18. The molecular formula is C21H23BrN4O3. The number of nitrogens with two attached hydrogens (primary N) is 1. The van der Waals surface area contributed by atoms with Gasteiger partial charge in [-0.2, -0.15) is 0 Å². The first-order chi connectivity index (χ1) is 14.0. The molecule has 1 amide bonds. The molecule has 1 heterocycles. The van der Waals surface area contributed by atoms with Gasteiger partial charge in [0, 0.05) is 43.9 Å². The van der Waals surface area contributed by atoms with E-state index in [-0.39, 0.29) is 5.91 Å². The molecule has 0 aliphatic carbocycles. The Kier molecular flexibility index (Phi) is 6.90. The van der Waals surface area contributed by atoms with E-state index in [1.807, 2.05) is 42.5 Å². The second-order valence-electron chi connectivity index (χ2n) is 6.45. The first-order valence-electron chi connectivity index (χ1n) is 9.10. The number of anilines is 2. The molecule has 0 bridgehead atoms. The largest absolute Gasteiger partial charge is 0.495 e. The second kappa shape index (κ2) is 9.58. The van der Waals surface area contributed by atoms with Crippen molar-refractivity contribution in [1.29, 1.82) is 0 Å². The van der Waals surface area contributed by atoms with Crippen molar-refractivity contribution >= 4 is 33.5 Å². The van der Waals surface area contributed by atoms with Crippen molar-refractivity contribution in [2.24, 2.45) is 5.73 Å². The molecule has 3 rings (SSSR count). The maximum Gasteiger partial charge on any atom is 0.299 e. The molecule has 0 fully saturated rings. The number of nitrogens with zero attached hydrogens (tertiary/aromatic N) is 2. The molecule has 0 radical (unpaired) electrons. The normalized spacial score (nSPS) is 10.6. The van der Waals surface area contributed by atoms with Crippen LogP contribution in [0.1, 0.15) is 12.0 Å². The maximum atomic E-state index is 12.1. The number of benzene rings is 2. The molecular weight excluding hydrogens is 436 g/mol. The Morgan fingerprint density at radius 3 is 2.86 bits per heavy atom. The summed E-state index contributed by atoms with van der Waals surface area (Å²) in [6.45, 7) is 0.797. The number of carbonyl (C=O) groups excluding carboxylic acids is 1. The number of methoxy groups -OCH3 is 1. The Balaban J connectivity index is 1.79. The van der Waals surface area contributed by atoms with Gasteiger partial charge in [0.05, 0.1) is 17.8 Å². The van der Waals surface area contributed by atoms with Crippen LogP contribution < -0.4 is 15.8 Å². The molecule has 0 aliphatic heterocycles. The fourth-order valence-electron chi connectivity index (χ4n) is 2.87. The van der Waals surface area contributed by atoms with Crippen molar-refractivity contribution in [3.05, 3.63) is 58.7 Å². The number of hydrogen-bond acceptors (Lipinski definition) is 6. The van der Waals surface area contributed by atoms with Gasteiger partial charge in [-0.3, -0.25) is 4.79 Å². The summed E-state index contributed by atoms with van der Waals surface area (Å²) >= 11 is 3.43. The topological polar surface area (TPSA) is 93.6 Å². The van der Waals surface area contributed by atoms with Crippen LogP contribution in [0, 0.1) is 0 Å². The van der Waals surface area contributed by atoms with Gasteiger partial charge in [0.2, 0.25) is 5.91 Å². The van der Waals surface area contributed by atoms with E-state index in [0.29, 0.717) is 37.0 Å². The van der Waals surface area contributed by atoms with Crippen LogP contribution >= 0.6 is 15.9 Å². The fraction of sp³-hybridized carbons (Fsp3) is 0.238. The third-order valence-corrected chi connectivity index (χ3v) is 5.04. The number of oxazole rings is 1. The van der Waals surface area contributed by atoms with Crippen molar-refractivity contribution < 1.29 is 13.9 Å². The lowest BCUT2D eigenvalue weighted by Crippen LogP contribution is -2.28. The van der Waals surface area contributed by atoms with Crippen LogP contribution in [0.5, 0.6) is 5.75 Å². The van der Waals surface area contributed by atoms with E-state index in [1.54, 1.807) is 25.3 Å². The van der Waals surface area contributed by atoms with Crippen LogP contribution in [0.15, 0.2) is 57.6 Å². The van der Waals surface area contributed by atoms with Crippen molar-refractivity contribution in [1.82, 2.24) is 9.88 Å². The number of hydrogen-bond donors (Lipinski definition) is 2. The summed E-state index contributed by atoms with van der Waals surface area (Å²) in [6.07, 6.45) is 1.99. The van der Waals surface area contributed by atoms with Crippen LogP contribution in [0.2, 0.25) is 0 Å². The number of nitrogens with one attached hydrogen (secondary N) is 1. The Bertz CT molecular complexity index is 990. The zero-order valence-corrected chi connectivity index (χ0v) is 17.9. The van der Waals surface area contributed by atoms with Gasteiger partial charge in [0.15, 0.2) is 5.76 Å².